The third kappa shape index (κ3) is 4.56. The number of aliphatic hydroxyl groups excluding tert-OH is 1. The normalized spacial score (nSPS) is 13.5. The number of aryl methyl sites for hydroxylation is 1. The highest BCUT2D eigenvalue weighted by molar-refractivity contribution is 5.93. The number of nitrogens with zero attached hydrogens (tertiary/aromatic N) is 2. The Hall–Kier alpha value is -1.36. The first-order valence-electron chi connectivity index (χ1n) is 5.72. The van der Waals surface area contributed by atoms with E-state index in [1.54, 1.807) is 17.9 Å². The summed E-state index contributed by atoms with van der Waals surface area (Å²) in [6.45, 7) is 6.17. The monoisotopic (exact) mass is 239 g/mol. The third-order valence-electron chi connectivity index (χ3n) is 2.38. The van der Waals surface area contributed by atoms with Gasteiger partial charge < -0.3 is 10.4 Å². The van der Waals surface area contributed by atoms with Crippen LogP contribution in [0, 0.1) is 5.41 Å². The third-order valence-corrected chi connectivity index (χ3v) is 2.38. The maximum atomic E-state index is 11.8. The minimum absolute atomic E-state index is 0.0523. The topological polar surface area (TPSA) is 67.2 Å². The van der Waals surface area contributed by atoms with Crippen molar-refractivity contribution in [3.8, 4) is 0 Å². The number of aromatic nitrogens is 2. The summed E-state index contributed by atoms with van der Waals surface area (Å²) in [6.07, 6.45) is 3.90. The van der Waals surface area contributed by atoms with E-state index < -0.39 is 0 Å². The van der Waals surface area contributed by atoms with Crippen molar-refractivity contribution in [1.29, 1.82) is 0 Å². The van der Waals surface area contributed by atoms with Gasteiger partial charge in [0.1, 0.15) is 0 Å². The maximum Gasteiger partial charge on any atom is 0.254 e. The number of carbonyl (C=O) groups excluding carboxylic acids is 1. The molecule has 1 aromatic heterocycles. The molecule has 17 heavy (non-hydrogen) atoms. The van der Waals surface area contributed by atoms with E-state index in [4.69, 9.17) is 0 Å². The summed E-state index contributed by atoms with van der Waals surface area (Å²) >= 11 is 0. The quantitative estimate of drug-likeness (QED) is 0.822. The van der Waals surface area contributed by atoms with Crippen LogP contribution in [0.2, 0.25) is 0 Å². The molecule has 1 rings (SSSR count). The summed E-state index contributed by atoms with van der Waals surface area (Å²) in [6, 6.07) is -0.220. The van der Waals surface area contributed by atoms with Gasteiger partial charge >= 0.3 is 0 Å². The van der Waals surface area contributed by atoms with Gasteiger partial charge in [-0.05, 0) is 11.8 Å². The average Bonchev–Trinajstić information content (AvgIpc) is 2.61. The molecule has 96 valence electrons. The largest absolute Gasteiger partial charge is 0.394 e. The van der Waals surface area contributed by atoms with Gasteiger partial charge in [0.15, 0.2) is 0 Å². The van der Waals surface area contributed by atoms with E-state index in [9.17, 15) is 9.90 Å². The Kier molecular flexibility index (Phi) is 4.28. The lowest BCUT2D eigenvalue weighted by molar-refractivity contribution is 0.0897. The molecule has 1 amide bonds. The lowest BCUT2D eigenvalue weighted by Gasteiger charge is -2.25. The highest BCUT2D eigenvalue weighted by Crippen LogP contribution is 2.20. The second-order valence-electron chi connectivity index (χ2n) is 5.52. The Bertz CT molecular complexity index is 379. The Morgan fingerprint density at radius 2 is 2.24 bits per heavy atom. The van der Waals surface area contributed by atoms with Crippen LogP contribution < -0.4 is 5.32 Å². The van der Waals surface area contributed by atoms with E-state index in [-0.39, 0.29) is 24.0 Å². The summed E-state index contributed by atoms with van der Waals surface area (Å²) in [4.78, 5) is 11.8. The molecule has 0 aliphatic heterocycles. The molecule has 5 nitrogen and oxygen atoms in total. The molecule has 1 heterocycles. The van der Waals surface area contributed by atoms with Gasteiger partial charge in [-0.3, -0.25) is 9.48 Å². The lowest BCUT2D eigenvalue weighted by Crippen LogP contribution is -2.39. The molecule has 0 spiro atoms. The first-order chi connectivity index (χ1) is 7.81. The first-order valence-corrected chi connectivity index (χ1v) is 5.72. The average molecular weight is 239 g/mol. The molecule has 1 atom stereocenters. The standard InChI is InChI=1S/C12H21N3O2/c1-12(2,3)5-10(8-16)14-11(17)9-6-13-15(4)7-9/h6-7,10,16H,5,8H2,1-4H3,(H,14,17). The zero-order valence-corrected chi connectivity index (χ0v) is 10.9. The van der Waals surface area contributed by atoms with Gasteiger partial charge in [-0.2, -0.15) is 5.10 Å². The SMILES string of the molecule is Cn1cc(C(=O)NC(CO)CC(C)(C)C)cn1. The van der Waals surface area contributed by atoms with E-state index in [0.29, 0.717) is 5.56 Å². The Morgan fingerprint density at radius 1 is 1.59 bits per heavy atom. The summed E-state index contributed by atoms with van der Waals surface area (Å²) in [5.74, 6) is -0.193. The first kappa shape index (κ1) is 13.7. The predicted molar refractivity (Wildman–Crippen MR) is 65.6 cm³/mol. The summed E-state index contributed by atoms with van der Waals surface area (Å²) in [5.41, 5.74) is 0.579. The van der Waals surface area contributed by atoms with Crippen LogP contribution in [0.25, 0.3) is 0 Å². The number of hydrogen-bond donors (Lipinski definition) is 2. The molecule has 1 aromatic rings. The number of rotatable bonds is 4. The predicted octanol–water partition coefficient (Wildman–Crippen LogP) is 0.947. The molecule has 0 fully saturated rings. The maximum absolute atomic E-state index is 11.8. The van der Waals surface area contributed by atoms with Crippen molar-refractivity contribution in [3.63, 3.8) is 0 Å². The van der Waals surface area contributed by atoms with Crippen molar-refractivity contribution in [1.82, 2.24) is 15.1 Å². The summed E-state index contributed by atoms with van der Waals surface area (Å²) in [7, 11) is 1.76. The van der Waals surface area contributed by atoms with Crippen LogP contribution in [0.5, 0.6) is 0 Å². The van der Waals surface area contributed by atoms with Gasteiger partial charge in [-0.15, -0.1) is 0 Å². The molecule has 1 unspecified atom stereocenters. The van der Waals surface area contributed by atoms with Gasteiger partial charge in [0.25, 0.3) is 5.91 Å². The van der Waals surface area contributed by atoms with Crippen molar-refractivity contribution in [3.05, 3.63) is 18.0 Å². The summed E-state index contributed by atoms with van der Waals surface area (Å²) < 4.78 is 1.58. The van der Waals surface area contributed by atoms with Gasteiger partial charge in [0, 0.05) is 13.2 Å². The van der Waals surface area contributed by atoms with Gasteiger partial charge in [0.2, 0.25) is 0 Å². The molecule has 0 radical (unpaired) electrons. The molecule has 0 bridgehead atoms. The van der Waals surface area contributed by atoms with Crippen LogP contribution in [0.15, 0.2) is 12.4 Å². The fourth-order valence-electron chi connectivity index (χ4n) is 1.71. The highest BCUT2D eigenvalue weighted by atomic mass is 16.3. The van der Waals surface area contributed by atoms with Crippen LogP contribution in [-0.4, -0.2) is 33.4 Å². The van der Waals surface area contributed by atoms with Gasteiger partial charge in [-0.1, -0.05) is 20.8 Å². The minimum atomic E-state index is -0.220. The molecule has 2 N–H and O–H groups in total. The van der Waals surface area contributed by atoms with E-state index in [2.05, 4.69) is 31.2 Å². The van der Waals surface area contributed by atoms with Crippen molar-refractivity contribution in [2.24, 2.45) is 12.5 Å². The summed E-state index contributed by atoms with van der Waals surface area (Å²) in [5, 5.41) is 16.0. The van der Waals surface area contributed by atoms with Crippen LogP contribution in [-0.2, 0) is 7.05 Å². The van der Waals surface area contributed by atoms with E-state index in [0.717, 1.165) is 6.42 Å². The Morgan fingerprint density at radius 3 is 2.65 bits per heavy atom. The fourth-order valence-corrected chi connectivity index (χ4v) is 1.71. The minimum Gasteiger partial charge on any atom is -0.394 e. The number of amides is 1. The van der Waals surface area contributed by atoms with E-state index in [1.165, 1.54) is 6.20 Å². The Balaban J connectivity index is 2.60. The van der Waals surface area contributed by atoms with Crippen LogP contribution in [0.1, 0.15) is 37.6 Å². The van der Waals surface area contributed by atoms with Crippen molar-refractivity contribution in [2.75, 3.05) is 6.61 Å². The van der Waals surface area contributed by atoms with Crippen LogP contribution >= 0.6 is 0 Å². The smallest absolute Gasteiger partial charge is 0.254 e. The number of nitrogens with one attached hydrogen (secondary N) is 1. The van der Waals surface area contributed by atoms with Crippen molar-refractivity contribution < 1.29 is 9.90 Å². The molecule has 5 heteroatoms. The van der Waals surface area contributed by atoms with Gasteiger partial charge in [0.05, 0.1) is 24.4 Å². The lowest BCUT2D eigenvalue weighted by atomic mass is 9.88. The van der Waals surface area contributed by atoms with Crippen molar-refractivity contribution in [2.45, 2.75) is 33.2 Å². The number of carbonyl (C=O) groups is 1. The molecular formula is C12H21N3O2. The zero-order chi connectivity index (χ0) is 13.1. The van der Waals surface area contributed by atoms with E-state index in [1.807, 2.05) is 0 Å². The molecule has 0 saturated carbocycles. The molecule has 0 aliphatic carbocycles. The Labute approximate surface area is 102 Å². The van der Waals surface area contributed by atoms with Gasteiger partial charge in [-0.25, -0.2) is 0 Å². The number of hydrogen-bond acceptors (Lipinski definition) is 3. The molecule has 0 aromatic carbocycles. The second-order valence-corrected chi connectivity index (χ2v) is 5.52. The fraction of sp³-hybridized carbons (Fsp3) is 0.667. The second kappa shape index (κ2) is 5.31. The molecular weight excluding hydrogens is 218 g/mol. The highest BCUT2D eigenvalue weighted by Gasteiger charge is 2.20. The number of aliphatic hydroxyl groups is 1. The molecule has 0 aliphatic rings. The zero-order valence-electron chi connectivity index (χ0n) is 10.9. The van der Waals surface area contributed by atoms with Crippen molar-refractivity contribution >= 4 is 5.91 Å². The van der Waals surface area contributed by atoms with E-state index >= 15 is 0 Å². The van der Waals surface area contributed by atoms with Crippen LogP contribution in [0.4, 0.5) is 0 Å². The molecule has 0 saturated heterocycles. The van der Waals surface area contributed by atoms with Crippen LogP contribution in [0.3, 0.4) is 0 Å².